The van der Waals surface area contributed by atoms with Crippen LogP contribution in [0.5, 0.6) is 5.75 Å². The van der Waals surface area contributed by atoms with Crippen LogP contribution in [0.1, 0.15) is 30.5 Å². The number of ether oxygens (including phenoxy) is 1. The van der Waals surface area contributed by atoms with Crippen LogP contribution in [0.25, 0.3) is 0 Å². The Bertz CT molecular complexity index is 773. The van der Waals surface area contributed by atoms with Gasteiger partial charge in [-0.2, -0.15) is 0 Å². The van der Waals surface area contributed by atoms with Gasteiger partial charge in [0.2, 0.25) is 10.0 Å². The van der Waals surface area contributed by atoms with Crippen LogP contribution >= 0.6 is 15.9 Å². The van der Waals surface area contributed by atoms with Gasteiger partial charge in [-0.3, -0.25) is 0 Å². The van der Waals surface area contributed by atoms with Gasteiger partial charge in [-0.1, -0.05) is 36.8 Å². The third-order valence-electron chi connectivity index (χ3n) is 3.62. The number of hydrogen-bond donors (Lipinski definition) is 1. The van der Waals surface area contributed by atoms with Crippen LogP contribution in [0, 0.1) is 6.92 Å². The Morgan fingerprint density at radius 1 is 1.17 bits per heavy atom. The molecule has 23 heavy (non-hydrogen) atoms. The maximum Gasteiger partial charge on any atom is 0.241 e. The van der Waals surface area contributed by atoms with Crippen LogP contribution in [0.15, 0.2) is 51.8 Å². The lowest BCUT2D eigenvalue weighted by Crippen LogP contribution is -2.28. The van der Waals surface area contributed by atoms with Gasteiger partial charge < -0.3 is 4.74 Å². The Kier molecular flexibility index (Phi) is 5.84. The second kappa shape index (κ2) is 7.47. The number of methoxy groups -OCH3 is 1. The molecule has 4 nitrogen and oxygen atoms in total. The van der Waals surface area contributed by atoms with Crippen molar-refractivity contribution >= 4 is 26.0 Å². The van der Waals surface area contributed by atoms with E-state index in [1.807, 2.05) is 38.1 Å². The molecule has 1 unspecified atom stereocenters. The summed E-state index contributed by atoms with van der Waals surface area (Å²) in [6, 6.07) is 12.3. The van der Waals surface area contributed by atoms with Crippen LogP contribution < -0.4 is 9.46 Å². The molecule has 2 rings (SSSR count). The summed E-state index contributed by atoms with van der Waals surface area (Å²) in [5.41, 5.74) is 2.10. The van der Waals surface area contributed by atoms with E-state index in [9.17, 15) is 8.42 Å². The molecule has 0 saturated carbocycles. The molecule has 0 aromatic heterocycles. The number of sulfonamides is 1. The zero-order valence-electron chi connectivity index (χ0n) is 13.3. The summed E-state index contributed by atoms with van der Waals surface area (Å²) in [6.45, 7) is 3.96. The molecule has 0 bridgehead atoms. The van der Waals surface area contributed by atoms with Gasteiger partial charge in [-0.05, 0) is 53.0 Å². The topological polar surface area (TPSA) is 55.4 Å². The molecule has 6 heteroatoms. The Labute approximate surface area is 146 Å². The molecular weight excluding hydrogens is 378 g/mol. The molecule has 0 heterocycles. The lowest BCUT2D eigenvalue weighted by molar-refractivity contribution is 0.411. The van der Waals surface area contributed by atoms with Gasteiger partial charge in [0.1, 0.15) is 5.75 Å². The first-order valence-corrected chi connectivity index (χ1v) is 9.57. The lowest BCUT2D eigenvalue weighted by atomic mass is 10.0. The summed E-state index contributed by atoms with van der Waals surface area (Å²) < 4.78 is 33.7. The van der Waals surface area contributed by atoms with Crippen LogP contribution in [0.4, 0.5) is 0 Å². The van der Waals surface area contributed by atoms with Crippen molar-refractivity contribution in [3.8, 4) is 5.75 Å². The fourth-order valence-electron chi connectivity index (χ4n) is 2.26. The predicted molar refractivity (Wildman–Crippen MR) is 95.2 cm³/mol. The molecular formula is C17H20BrNO3S. The van der Waals surface area contributed by atoms with Gasteiger partial charge in [-0.15, -0.1) is 0 Å². The highest BCUT2D eigenvalue weighted by Gasteiger charge is 2.21. The smallest absolute Gasteiger partial charge is 0.241 e. The summed E-state index contributed by atoms with van der Waals surface area (Å²) >= 11 is 3.32. The highest BCUT2D eigenvalue weighted by atomic mass is 79.9. The SMILES string of the molecule is CCC(NS(=O)(=O)c1ccc(OC)c(Br)c1)c1ccc(C)cc1. The third kappa shape index (κ3) is 4.34. The molecule has 0 aliphatic rings. The molecule has 0 spiro atoms. The Morgan fingerprint density at radius 3 is 2.35 bits per heavy atom. The van der Waals surface area contributed by atoms with Crippen molar-refractivity contribution < 1.29 is 13.2 Å². The molecule has 0 fully saturated rings. The van der Waals surface area contributed by atoms with Crippen molar-refractivity contribution in [2.24, 2.45) is 0 Å². The average molecular weight is 398 g/mol. The number of hydrogen-bond acceptors (Lipinski definition) is 3. The molecule has 0 aliphatic heterocycles. The van der Waals surface area contributed by atoms with Gasteiger partial charge in [-0.25, -0.2) is 13.1 Å². The quantitative estimate of drug-likeness (QED) is 0.794. The summed E-state index contributed by atoms with van der Waals surface area (Å²) in [4.78, 5) is 0.204. The predicted octanol–water partition coefficient (Wildman–Crippen LogP) is 4.20. The molecule has 0 amide bonds. The second-order valence-corrected chi connectivity index (χ2v) is 7.86. The van der Waals surface area contributed by atoms with E-state index < -0.39 is 10.0 Å². The van der Waals surface area contributed by atoms with Gasteiger partial charge in [0.25, 0.3) is 0 Å². The number of rotatable bonds is 6. The van der Waals surface area contributed by atoms with Crippen molar-refractivity contribution in [1.29, 1.82) is 0 Å². The summed E-state index contributed by atoms with van der Waals surface area (Å²) in [7, 11) is -2.07. The van der Waals surface area contributed by atoms with Gasteiger partial charge in [0.15, 0.2) is 0 Å². The lowest BCUT2D eigenvalue weighted by Gasteiger charge is -2.18. The molecule has 1 N–H and O–H groups in total. The normalized spacial score (nSPS) is 12.9. The maximum atomic E-state index is 12.6. The molecule has 0 saturated heterocycles. The van der Waals surface area contributed by atoms with Crippen LogP contribution in [0.2, 0.25) is 0 Å². The number of aryl methyl sites for hydroxylation is 1. The van der Waals surface area contributed by atoms with Crippen LogP contribution in [-0.2, 0) is 10.0 Å². The fourth-order valence-corrected chi connectivity index (χ4v) is 4.28. The standard InChI is InChI=1S/C17H20BrNO3S/c1-4-16(13-7-5-12(2)6-8-13)19-23(20,21)14-9-10-17(22-3)15(18)11-14/h5-11,16,19H,4H2,1-3H3. The third-order valence-corrected chi connectivity index (χ3v) is 5.71. The van der Waals surface area contributed by atoms with E-state index in [1.54, 1.807) is 12.1 Å². The highest BCUT2D eigenvalue weighted by molar-refractivity contribution is 9.10. The minimum absolute atomic E-state index is 0.204. The summed E-state index contributed by atoms with van der Waals surface area (Å²) in [5, 5.41) is 0. The number of halogens is 1. The minimum atomic E-state index is -3.61. The first-order chi connectivity index (χ1) is 10.9. The average Bonchev–Trinajstić information content (AvgIpc) is 2.53. The van der Waals surface area contributed by atoms with Gasteiger partial charge in [0.05, 0.1) is 16.5 Å². The monoisotopic (exact) mass is 397 g/mol. The van der Waals surface area contributed by atoms with Crippen molar-refractivity contribution in [3.05, 3.63) is 58.1 Å². The first kappa shape index (κ1) is 18.0. The van der Waals surface area contributed by atoms with E-state index in [1.165, 1.54) is 13.2 Å². The maximum absolute atomic E-state index is 12.6. The van der Waals surface area contributed by atoms with Crippen molar-refractivity contribution in [2.75, 3.05) is 7.11 Å². The highest BCUT2D eigenvalue weighted by Crippen LogP contribution is 2.28. The van der Waals surface area contributed by atoms with E-state index in [0.29, 0.717) is 16.6 Å². The van der Waals surface area contributed by atoms with E-state index in [2.05, 4.69) is 20.7 Å². The zero-order chi connectivity index (χ0) is 17.0. The molecule has 2 aromatic carbocycles. The minimum Gasteiger partial charge on any atom is -0.496 e. The molecule has 0 radical (unpaired) electrons. The second-order valence-electron chi connectivity index (χ2n) is 5.29. The van der Waals surface area contributed by atoms with E-state index in [4.69, 9.17) is 4.74 Å². The Morgan fingerprint density at radius 2 is 1.83 bits per heavy atom. The van der Waals surface area contributed by atoms with Crippen molar-refractivity contribution in [2.45, 2.75) is 31.2 Å². The van der Waals surface area contributed by atoms with E-state index in [0.717, 1.165) is 11.1 Å². The summed E-state index contributed by atoms with van der Waals surface area (Å²) in [6.07, 6.45) is 0.666. The van der Waals surface area contributed by atoms with Crippen molar-refractivity contribution in [1.82, 2.24) is 4.72 Å². The largest absolute Gasteiger partial charge is 0.496 e. The Balaban J connectivity index is 2.28. The summed E-state index contributed by atoms with van der Waals surface area (Å²) in [5.74, 6) is 0.592. The number of nitrogens with one attached hydrogen (secondary N) is 1. The van der Waals surface area contributed by atoms with Gasteiger partial charge >= 0.3 is 0 Å². The molecule has 2 aromatic rings. The Hall–Kier alpha value is -1.37. The number of benzene rings is 2. The van der Waals surface area contributed by atoms with Gasteiger partial charge in [0, 0.05) is 6.04 Å². The molecule has 0 aliphatic carbocycles. The zero-order valence-corrected chi connectivity index (χ0v) is 15.7. The molecule has 1 atom stereocenters. The fraction of sp³-hybridized carbons (Fsp3) is 0.294. The first-order valence-electron chi connectivity index (χ1n) is 7.30. The molecule has 124 valence electrons. The van der Waals surface area contributed by atoms with Crippen LogP contribution in [-0.4, -0.2) is 15.5 Å². The van der Waals surface area contributed by atoms with Crippen molar-refractivity contribution in [3.63, 3.8) is 0 Å². The van der Waals surface area contributed by atoms with E-state index in [-0.39, 0.29) is 10.9 Å². The van der Waals surface area contributed by atoms with Crippen LogP contribution in [0.3, 0.4) is 0 Å². The van der Waals surface area contributed by atoms with E-state index >= 15 is 0 Å².